The van der Waals surface area contributed by atoms with E-state index in [9.17, 15) is 105 Å². The molecule has 14 rings (SSSR count). The Hall–Kier alpha value is -2.11. The molecule has 11 aliphatic carbocycles. The molecule has 13 unspecified atom stereocenters. The second-order valence-electron chi connectivity index (χ2n) is 39.1. The second kappa shape index (κ2) is 51.8. The maximum absolute atomic E-state index is 13.1. The minimum absolute atomic E-state index is 0. The van der Waals surface area contributed by atoms with Crippen LogP contribution in [0.2, 0.25) is 0 Å². The molecule has 18 atom stereocenters. The largest absolute Gasteiger partial charge is 2.00 e. The van der Waals surface area contributed by atoms with Crippen LogP contribution in [0, 0.1) is 65.6 Å². The first kappa shape index (κ1) is 115. The van der Waals surface area contributed by atoms with Crippen molar-refractivity contribution in [3.05, 3.63) is 101 Å². The van der Waals surface area contributed by atoms with E-state index in [0.29, 0.717) is 78.6 Å². The molecule has 0 N–H and O–H groups in total. The van der Waals surface area contributed by atoms with Crippen LogP contribution >= 0.6 is 64.8 Å². The van der Waals surface area contributed by atoms with E-state index in [1.165, 1.54) is 67.2 Å². The molecule has 0 aliphatic heterocycles. The van der Waals surface area contributed by atoms with E-state index in [0.717, 1.165) is 205 Å². The van der Waals surface area contributed by atoms with Gasteiger partial charge in [0.15, 0.2) is 0 Å². The minimum Gasteiger partial charge on any atom is -0.494 e. The number of unbranched alkanes of at least 4 members (excludes halogenated alkanes) is 1. The maximum Gasteiger partial charge on any atom is 2.00 e. The van der Waals surface area contributed by atoms with Crippen molar-refractivity contribution in [2.45, 2.75) is 352 Å². The molecule has 8 saturated carbocycles. The molecule has 3 aromatic carbocycles. The van der Waals surface area contributed by atoms with Gasteiger partial charge in [-0.1, -0.05) is 129 Å². The van der Waals surface area contributed by atoms with Gasteiger partial charge in [-0.05, 0) is 308 Å². The fourth-order valence-corrected chi connectivity index (χ4v) is 31.4. The average Bonchev–Trinajstić information content (AvgIpc) is 1.68. The SMILES string of the molecule is [2H]CCCCSSCCCOc1ccc2c(c1)CCC1C2CCC2(C)C(OCCCOC(C)(C(F)(F)F)C(F)(F)F)CCC12.[2H]COC1CCC(SSCCCOc2ccc3c(c2)CCC2C3CC[C@@]3(C)C2CC[C@@H]3OCCCOC(C(F)(F)F)(C(F)(F)F)C(F)(F)F)C1.[2H]COC1CCC(SSCCCOc2ccc3c(c2)CC[C@@H]2[C@@H]3CCC3[CH-]CC[C@H]32)C1.[CH2-]CCOC(C(F)(F)F)(C(F)(F)F)C(F)(F)F.[W+2]. The maximum atomic E-state index is 13.1. The van der Waals surface area contributed by atoms with Crippen LogP contribution in [0.1, 0.15) is 269 Å². The van der Waals surface area contributed by atoms with E-state index in [-0.39, 0.29) is 90.9 Å². The normalized spacial score (nSPS) is 28.8. The van der Waals surface area contributed by atoms with Gasteiger partial charge in [-0.15, -0.1) is 0 Å². The predicted molar refractivity (Wildman–Crippen MR) is 499 cm³/mol. The standard InChI is InChI=1S/C34H45F9O4S2.C32H46F6O3S2.C26H37O2S2.C7H6F9O.W/c1-30-14-13-26-25-10-7-23(45-16-4-18-48-49-24-8-6-22(20-24)44-2)19-21(25)5-9-27(26)28(30)11-12-29(30)46-15-3-17-47-31(32(35,36)37,33(38,39)40)34(41,42)43;1-4-5-19-42-43-20-7-17-39-23-9-11-24-22(21-23)8-10-26-25(24)14-15-29(2)27(26)12-13-28(29)40-16-6-18-41-30(3,31(33,34)35)32(36,37)38;1-27-20-8-10-22(17-20)30-29-15-3-14-28-21-9-13-24-19(16-21)7-12-25-23-5-2-4-18(23)6-11-26(24)25;1-2-3-17-4(5(8,9)10,6(11,12)13)7(14,15)16;/h7,10,19,22,24,26-29H,3-6,8-9,11-18,20H2,1-2H3;9,11,21,25-28H,4-8,10,12-20H2,1-3H3;4,9,13,16,18,20,22-23,25-26H,2-3,5-8,10-12,14-15,17H2,1H3;1-3H2;/q;;2*-1;+2/t22?,24?,26?,27?,28?,29-,30-;;18?,20?,22?,23-,25+,26-;;/m0.1../s1/i2D;2*1D;;. The van der Waals surface area contributed by atoms with Crippen LogP contribution in [0.3, 0.4) is 0 Å². The van der Waals surface area contributed by atoms with Gasteiger partial charge in [-0.2, -0.15) is 124 Å². The predicted octanol–water partition coefficient (Wildman–Crippen LogP) is 31.4. The van der Waals surface area contributed by atoms with Crippen molar-refractivity contribution in [2.24, 2.45) is 52.3 Å². The first-order valence-electron chi connectivity index (χ1n) is 50.6. The number of alkyl halides is 24. The number of rotatable bonds is 40. The van der Waals surface area contributed by atoms with Crippen molar-refractivity contribution in [3.63, 3.8) is 0 Å². The summed E-state index contributed by atoms with van der Waals surface area (Å²) in [6, 6.07) is 19.9. The average molecular weight is 2320 g/mol. The number of aryl methyl sites for hydroxylation is 3. The number of ether oxygens (including phenoxy) is 10. The van der Waals surface area contributed by atoms with E-state index < -0.39 is 98.9 Å². The van der Waals surface area contributed by atoms with Crippen LogP contribution in [-0.4, -0.2) is 191 Å². The topological polar surface area (TPSA) is 92.3 Å². The van der Waals surface area contributed by atoms with Crippen molar-refractivity contribution in [2.75, 3.05) is 90.0 Å². The van der Waals surface area contributed by atoms with Crippen molar-refractivity contribution in [1.82, 2.24) is 0 Å². The van der Waals surface area contributed by atoms with E-state index >= 15 is 0 Å². The Kier molecular flexibility index (Phi) is 42.6. The molecule has 0 bridgehead atoms. The summed E-state index contributed by atoms with van der Waals surface area (Å²) in [6.45, 7) is 6.11. The third-order valence-electron chi connectivity index (χ3n) is 30.8. The smallest absolute Gasteiger partial charge is 0.494 e. The van der Waals surface area contributed by atoms with Gasteiger partial charge in [0.05, 0.1) is 60.2 Å². The number of halogens is 24. The first-order chi connectivity index (χ1) is 67.0. The third-order valence-corrected chi connectivity index (χ3v) is 39.4. The number of benzene rings is 3. The van der Waals surface area contributed by atoms with Crippen molar-refractivity contribution < 1.29 is 178 Å². The molecule has 0 heterocycles. The first-order valence-corrected chi connectivity index (χ1v) is 55.7. The van der Waals surface area contributed by atoms with Gasteiger partial charge in [0.25, 0.3) is 5.60 Å². The van der Waals surface area contributed by atoms with Gasteiger partial charge >= 0.3 is 81.7 Å². The van der Waals surface area contributed by atoms with E-state index in [2.05, 4.69) is 89.9 Å². The Balaban J connectivity index is 0.000000207. The zero-order chi connectivity index (χ0) is 104. The zero-order valence-electron chi connectivity index (χ0n) is 82.0. The molecule has 0 amide bonds. The van der Waals surface area contributed by atoms with Crippen LogP contribution in [0.4, 0.5) is 105 Å². The molecule has 8 fully saturated rings. The number of hydrogen-bond donors (Lipinski definition) is 0. The van der Waals surface area contributed by atoms with Gasteiger partial charge in [0.2, 0.25) is 0 Å². The third kappa shape index (κ3) is 28.6. The molecule has 41 heteroatoms. The number of hydrogen-bond acceptors (Lipinski definition) is 16. The molecule has 140 heavy (non-hydrogen) atoms. The minimum atomic E-state index is -6.74. The van der Waals surface area contributed by atoms with Gasteiger partial charge in [0, 0.05) is 68.9 Å². The molecule has 0 radical (unpaired) electrons. The zero-order valence-corrected chi connectivity index (χ0v) is 86.8. The molecular weight excluding hydrogens is 2180 g/mol. The summed E-state index contributed by atoms with van der Waals surface area (Å²) in [6.07, 6.45) is -18.6. The summed E-state index contributed by atoms with van der Waals surface area (Å²) in [5.41, 5.74) is -8.28. The van der Waals surface area contributed by atoms with Crippen LogP contribution in [0.5, 0.6) is 17.2 Å². The monoisotopic (exact) mass is 2320 g/mol. The van der Waals surface area contributed by atoms with Crippen LogP contribution < -0.4 is 14.2 Å². The summed E-state index contributed by atoms with van der Waals surface area (Å²) < 4.78 is 380. The second-order valence-corrected chi connectivity index (χ2v) is 47.4. The van der Waals surface area contributed by atoms with Crippen molar-refractivity contribution in [1.29, 1.82) is 0 Å². The summed E-state index contributed by atoms with van der Waals surface area (Å²) in [4.78, 5) is 0. The number of methoxy groups -OCH3 is 2. The van der Waals surface area contributed by atoms with Crippen LogP contribution in [0.25, 0.3) is 0 Å². The molecule has 10 nitrogen and oxygen atoms in total. The Morgan fingerprint density at radius 1 is 0.393 bits per heavy atom. The Bertz CT molecular complexity index is 4230. The Morgan fingerprint density at radius 2 is 0.779 bits per heavy atom. The fraction of sp³-hybridized carbons (Fsp3) is 0.798. The quantitative estimate of drug-likeness (QED) is 0.0234. The van der Waals surface area contributed by atoms with Crippen LogP contribution in [-0.2, 0) is 73.5 Å². The van der Waals surface area contributed by atoms with Crippen LogP contribution in [0.15, 0.2) is 54.6 Å². The van der Waals surface area contributed by atoms with E-state index in [1.54, 1.807) is 11.1 Å². The molecular formula is C99H134F24O10S6W. The van der Waals surface area contributed by atoms with Gasteiger partial charge in [0.1, 0.15) is 17.2 Å². The molecule has 0 aromatic heterocycles. The molecule has 800 valence electrons. The Morgan fingerprint density at radius 3 is 1.17 bits per heavy atom. The van der Waals surface area contributed by atoms with Gasteiger partial charge in [-0.3, -0.25) is 0 Å². The Labute approximate surface area is 850 Å². The molecule has 0 saturated heterocycles. The van der Waals surface area contributed by atoms with Gasteiger partial charge in [-0.25, -0.2) is 0 Å². The van der Waals surface area contributed by atoms with E-state index in [4.69, 9.17) is 37.3 Å². The molecule has 3 aromatic rings. The molecule has 0 spiro atoms. The summed E-state index contributed by atoms with van der Waals surface area (Å²) >= 11 is 0. The number of fused-ring (bicyclic) bond motifs is 15. The summed E-state index contributed by atoms with van der Waals surface area (Å²) in [5, 5.41) is 1.28. The van der Waals surface area contributed by atoms with E-state index in [1.807, 2.05) is 70.8 Å². The van der Waals surface area contributed by atoms with Crippen molar-refractivity contribution >= 4 is 64.8 Å². The summed E-state index contributed by atoms with van der Waals surface area (Å²) in [7, 11) is 11.7. The van der Waals surface area contributed by atoms with Gasteiger partial charge < -0.3 is 60.7 Å². The molecule has 11 aliphatic rings. The fourth-order valence-electron chi connectivity index (χ4n) is 23.6. The summed E-state index contributed by atoms with van der Waals surface area (Å²) in [5.74, 6) is 13.4. The van der Waals surface area contributed by atoms with Crippen molar-refractivity contribution in [3.8, 4) is 17.2 Å².